The van der Waals surface area contributed by atoms with Crippen LogP contribution in [0.5, 0.6) is 0 Å². The Hall–Kier alpha value is -1.68. The monoisotopic (exact) mass is 261 g/mol. The highest BCUT2D eigenvalue weighted by atomic mass is 16.5. The Bertz CT molecular complexity index is 484. The van der Waals surface area contributed by atoms with E-state index in [-0.39, 0.29) is 5.06 Å². The van der Waals surface area contributed by atoms with E-state index in [2.05, 4.69) is 6.92 Å². The van der Waals surface area contributed by atoms with Crippen molar-refractivity contribution < 1.29 is 14.8 Å². The van der Waals surface area contributed by atoms with Gasteiger partial charge in [0, 0.05) is 5.56 Å². The number of fused-ring (bicyclic) bond motifs is 1. The second-order valence-electron chi connectivity index (χ2n) is 4.94. The summed E-state index contributed by atoms with van der Waals surface area (Å²) in [6.45, 7) is 2.13. The third-order valence-corrected chi connectivity index (χ3v) is 3.61. The van der Waals surface area contributed by atoms with Crippen LogP contribution >= 0.6 is 0 Å². The van der Waals surface area contributed by atoms with Crippen LogP contribution in [-0.4, -0.2) is 22.1 Å². The summed E-state index contributed by atoms with van der Waals surface area (Å²) in [5, 5.41) is 9.87. The van der Waals surface area contributed by atoms with Gasteiger partial charge in [0.15, 0.2) is 0 Å². The van der Waals surface area contributed by atoms with Crippen molar-refractivity contribution in [2.75, 3.05) is 0 Å². The lowest BCUT2D eigenvalue weighted by Crippen LogP contribution is -2.42. The Morgan fingerprint density at radius 2 is 1.89 bits per heavy atom. The zero-order valence-corrected chi connectivity index (χ0v) is 11.1. The maximum atomic E-state index is 12.0. The van der Waals surface area contributed by atoms with Crippen molar-refractivity contribution in [3.05, 3.63) is 35.4 Å². The lowest BCUT2D eigenvalue weighted by Gasteiger charge is -2.28. The highest BCUT2D eigenvalue weighted by molar-refractivity contribution is 6.10. The molecule has 1 N–H and O–H groups in total. The summed E-state index contributed by atoms with van der Waals surface area (Å²) in [6.07, 6.45) is 4.97. The van der Waals surface area contributed by atoms with Gasteiger partial charge in [-0.15, -0.1) is 0 Å². The van der Waals surface area contributed by atoms with Crippen molar-refractivity contribution in [1.82, 2.24) is 5.06 Å². The van der Waals surface area contributed by atoms with E-state index in [1.54, 1.807) is 12.1 Å². The van der Waals surface area contributed by atoms with E-state index >= 15 is 0 Å². The lowest BCUT2D eigenvalue weighted by atomic mass is 9.86. The van der Waals surface area contributed by atoms with Crippen LogP contribution in [0.1, 0.15) is 60.9 Å². The Morgan fingerprint density at radius 1 is 1.16 bits per heavy atom. The van der Waals surface area contributed by atoms with Crippen LogP contribution in [0.2, 0.25) is 0 Å². The molecule has 0 bridgehead atoms. The van der Waals surface area contributed by atoms with Gasteiger partial charge in [0.2, 0.25) is 0 Å². The Kier molecular flexibility index (Phi) is 4.32. The molecule has 0 aliphatic carbocycles. The first-order valence-electron chi connectivity index (χ1n) is 6.83. The third kappa shape index (κ3) is 2.68. The van der Waals surface area contributed by atoms with Gasteiger partial charge in [0.1, 0.15) is 0 Å². The molecule has 4 nitrogen and oxygen atoms in total. The fourth-order valence-corrected chi connectivity index (χ4v) is 2.54. The number of amides is 2. The zero-order valence-electron chi connectivity index (χ0n) is 11.1. The van der Waals surface area contributed by atoms with Gasteiger partial charge in [-0.3, -0.25) is 14.8 Å². The second-order valence-corrected chi connectivity index (χ2v) is 4.94. The van der Waals surface area contributed by atoms with Crippen molar-refractivity contribution >= 4 is 11.8 Å². The summed E-state index contributed by atoms with van der Waals surface area (Å²) >= 11 is 0. The second kappa shape index (κ2) is 5.97. The lowest BCUT2D eigenvalue weighted by molar-refractivity contribution is -0.157. The first-order chi connectivity index (χ1) is 9.16. The number of nitrogens with zero attached hydrogens (tertiary/aromatic N) is 1. The summed E-state index contributed by atoms with van der Waals surface area (Å²) in [6, 6.07) is 7.04. The molecule has 2 amide bonds. The first-order valence-corrected chi connectivity index (χ1v) is 6.83. The van der Waals surface area contributed by atoms with Crippen LogP contribution in [0.25, 0.3) is 0 Å². The summed E-state index contributed by atoms with van der Waals surface area (Å²) in [5.41, 5.74) is 1.18. The van der Waals surface area contributed by atoms with Crippen LogP contribution in [0.3, 0.4) is 0 Å². The Balaban J connectivity index is 2.19. The van der Waals surface area contributed by atoms with Crippen LogP contribution in [0.15, 0.2) is 24.3 Å². The standard InChI is InChI=1S/C15H19NO3/c1-2-3-4-5-9-12-11-8-6-7-10-13(11)15(18)16(19)14(12)17/h6-8,10,12,19H,2-5,9H2,1H3. The average molecular weight is 261 g/mol. The van der Waals surface area contributed by atoms with Crippen molar-refractivity contribution in [3.63, 3.8) is 0 Å². The normalized spacial score (nSPS) is 18.6. The van der Waals surface area contributed by atoms with Crippen LogP contribution < -0.4 is 0 Å². The number of rotatable bonds is 5. The van der Waals surface area contributed by atoms with Gasteiger partial charge >= 0.3 is 0 Å². The molecule has 0 fully saturated rings. The molecule has 1 aliphatic rings. The van der Waals surface area contributed by atoms with E-state index in [9.17, 15) is 14.8 Å². The molecule has 1 aromatic rings. The molecule has 1 aliphatic heterocycles. The molecule has 0 spiro atoms. The summed E-state index contributed by atoms with van der Waals surface area (Å²) in [7, 11) is 0. The molecule has 0 radical (unpaired) electrons. The van der Waals surface area contributed by atoms with E-state index in [0.29, 0.717) is 12.0 Å². The number of benzene rings is 1. The molecular formula is C15H19NO3. The SMILES string of the molecule is CCCCCCC1C(=O)N(O)C(=O)c2ccccc21. The summed E-state index contributed by atoms with van der Waals surface area (Å²) < 4.78 is 0. The highest BCUT2D eigenvalue weighted by Crippen LogP contribution is 2.32. The summed E-state index contributed by atoms with van der Waals surface area (Å²) in [4.78, 5) is 23.8. The summed E-state index contributed by atoms with van der Waals surface area (Å²) in [5.74, 6) is -1.51. The highest BCUT2D eigenvalue weighted by Gasteiger charge is 2.37. The van der Waals surface area contributed by atoms with Gasteiger partial charge in [0.25, 0.3) is 11.8 Å². The molecule has 0 saturated carbocycles. The fourth-order valence-electron chi connectivity index (χ4n) is 2.54. The van der Waals surface area contributed by atoms with Crippen molar-refractivity contribution in [1.29, 1.82) is 0 Å². The molecule has 19 heavy (non-hydrogen) atoms. The molecular weight excluding hydrogens is 242 g/mol. The molecule has 1 heterocycles. The number of carbonyl (C=O) groups excluding carboxylic acids is 2. The molecule has 1 atom stereocenters. The maximum Gasteiger partial charge on any atom is 0.284 e. The van der Waals surface area contributed by atoms with E-state index in [1.165, 1.54) is 0 Å². The number of carbonyl (C=O) groups is 2. The van der Waals surface area contributed by atoms with Gasteiger partial charge in [-0.25, -0.2) is 0 Å². The number of hydrogen-bond donors (Lipinski definition) is 1. The topological polar surface area (TPSA) is 57.6 Å². The van der Waals surface area contributed by atoms with Crippen molar-refractivity contribution in [2.24, 2.45) is 0 Å². The number of hydroxylamine groups is 2. The molecule has 0 aromatic heterocycles. The quantitative estimate of drug-likeness (QED) is 0.503. The van der Waals surface area contributed by atoms with Gasteiger partial charge < -0.3 is 0 Å². The Labute approximate surface area is 113 Å². The van der Waals surface area contributed by atoms with Gasteiger partial charge in [-0.1, -0.05) is 50.8 Å². The number of hydrogen-bond acceptors (Lipinski definition) is 3. The van der Waals surface area contributed by atoms with Crippen LogP contribution in [-0.2, 0) is 4.79 Å². The zero-order chi connectivity index (χ0) is 13.8. The van der Waals surface area contributed by atoms with E-state index in [1.807, 2.05) is 12.1 Å². The smallest absolute Gasteiger partial charge is 0.278 e. The molecule has 2 rings (SSSR count). The molecule has 4 heteroatoms. The van der Waals surface area contributed by atoms with E-state index in [4.69, 9.17) is 0 Å². The maximum absolute atomic E-state index is 12.0. The molecule has 1 aromatic carbocycles. The Morgan fingerprint density at radius 3 is 2.63 bits per heavy atom. The third-order valence-electron chi connectivity index (χ3n) is 3.61. The van der Waals surface area contributed by atoms with Crippen LogP contribution in [0.4, 0.5) is 0 Å². The van der Waals surface area contributed by atoms with Gasteiger partial charge in [-0.05, 0) is 18.1 Å². The largest absolute Gasteiger partial charge is 0.284 e. The predicted octanol–water partition coefficient (Wildman–Crippen LogP) is 3.11. The van der Waals surface area contributed by atoms with Gasteiger partial charge in [0.05, 0.1) is 5.92 Å². The molecule has 102 valence electrons. The van der Waals surface area contributed by atoms with Crippen molar-refractivity contribution in [3.8, 4) is 0 Å². The number of unbranched alkanes of at least 4 members (excludes halogenated alkanes) is 3. The number of imide groups is 1. The molecule has 0 saturated heterocycles. The van der Waals surface area contributed by atoms with Crippen molar-refractivity contribution in [2.45, 2.75) is 44.9 Å². The fraction of sp³-hybridized carbons (Fsp3) is 0.467. The minimum absolute atomic E-state index is 0.271. The van der Waals surface area contributed by atoms with Gasteiger partial charge in [-0.2, -0.15) is 5.06 Å². The molecule has 1 unspecified atom stereocenters. The van der Waals surface area contributed by atoms with E-state index in [0.717, 1.165) is 31.2 Å². The minimum atomic E-state index is -0.620. The van der Waals surface area contributed by atoms with Crippen LogP contribution in [0, 0.1) is 0 Å². The first kappa shape index (κ1) is 13.7. The predicted molar refractivity (Wildman–Crippen MR) is 70.9 cm³/mol. The average Bonchev–Trinajstić information content (AvgIpc) is 2.44. The minimum Gasteiger partial charge on any atom is -0.278 e. The van der Waals surface area contributed by atoms with E-state index < -0.39 is 17.7 Å².